The minimum Gasteiger partial charge on any atom is -0.507 e. The molecule has 0 aliphatic rings. The van der Waals surface area contributed by atoms with E-state index >= 15 is 0 Å². The van der Waals surface area contributed by atoms with Gasteiger partial charge >= 0.3 is 0 Å². The topological polar surface area (TPSA) is 71.2 Å². The van der Waals surface area contributed by atoms with E-state index in [1.807, 2.05) is 36.5 Å². The van der Waals surface area contributed by atoms with Crippen molar-refractivity contribution in [3.05, 3.63) is 47.5 Å². The summed E-state index contributed by atoms with van der Waals surface area (Å²) in [6.45, 7) is 0. The van der Waals surface area contributed by atoms with E-state index in [2.05, 4.69) is 10.4 Å². The molecular weight excluding hydrogens is 290 g/mol. The van der Waals surface area contributed by atoms with Gasteiger partial charge in [0.15, 0.2) is 5.13 Å². The Hall–Kier alpha value is -1.76. The molecule has 6 heteroatoms. The predicted octanol–water partition coefficient (Wildman–Crippen LogP) is 3.58. The molecule has 0 saturated carbocycles. The first-order chi connectivity index (χ1) is 9.78. The Bertz CT molecular complexity index is 742. The molecule has 2 aromatic carbocycles. The molecule has 0 atom stereocenters. The van der Waals surface area contributed by atoms with Crippen LogP contribution in [-0.2, 0) is 5.75 Å². The van der Waals surface area contributed by atoms with Crippen LogP contribution in [0, 0.1) is 0 Å². The fraction of sp³-hybridized carbons (Fsp3) is 0.0714. The summed E-state index contributed by atoms with van der Waals surface area (Å²) >= 11 is 3.27. The molecule has 1 heterocycles. The first-order valence-electron chi connectivity index (χ1n) is 6.03. The number of thioether (sulfide) groups is 1. The number of nitrogens with one attached hydrogen (secondary N) is 1. The molecule has 20 heavy (non-hydrogen) atoms. The van der Waals surface area contributed by atoms with Gasteiger partial charge in [-0.1, -0.05) is 24.3 Å². The SMILES string of the molecule is NNc1ncc(CSc2ccc(O)c3ccccc23)s1. The maximum Gasteiger partial charge on any atom is 0.197 e. The zero-order valence-electron chi connectivity index (χ0n) is 10.5. The number of anilines is 1. The lowest BCUT2D eigenvalue weighted by Gasteiger charge is -2.07. The van der Waals surface area contributed by atoms with E-state index in [-0.39, 0.29) is 0 Å². The molecule has 4 N–H and O–H groups in total. The quantitative estimate of drug-likeness (QED) is 0.390. The standard InChI is InChI=1S/C14H13N3OS2/c15-17-14-16-7-9(20-14)8-19-13-6-5-12(18)10-3-1-2-4-11(10)13/h1-7,18H,8,15H2,(H,16,17). The fourth-order valence-corrected chi connectivity index (χ4v) is 3.77. The average Bonchev–Trinajstić information content (AvgIpc) is 2.95. The summed E-state index contributed by atoms with van der Waals surface area (Å²) in [7, 11) is 0. The predicted molar refractivity (Wildman–Crippen MR) is 85.1 cm³/mol. The number of aromatic nitrogens is 1. The molecule has 1 aromatic heterocycles. The molecule has 0 fully saturated rings. The Morgan fingerprint density at radius 2 is 2.00 bits per heavy atom. The number of rotatable bonds is 4. The van der Waals surface area contributed by atoms with Crippen LogP contribution in [0.5, 0.6) is 5.75 Å². The molecule has 3 aromatic rings. The van der Waals surface area contributed by atoms with Crippen molar-refractivity contribution in [2.75, 3.05) is 5.43 Å². The monoisotopic (exact) mass is 303 g/mol. The number of nitrogens with two attached hydrogens (primary N) is 1. The first kappa shape index (κ1) is 13.2. The third-order valence-corrected chi connectivity index (χ3v) is 5.14. The van der Waals surface area contributed by atoms with Crippen molar-refractivity contribution in [2.24, 2.45) is 5.84 Å². The fourth-order valence-electron chi connectivity index (χ4n) is 1.97. The van der Waals surface area contributed by atoms with Gasteiger partial charge in [0, 0.05) is 27.1 Å². The number of hydrazine groups is 1. The second-order valence-electron chi connectivity index (χ2n) is 4.19. The highest BCUT2D eigenvalue weighted by molar-refractivity contribution is 7.98. The van der Waals surface area contributed by atoms with Crippen molar-refractivity contribution >= 4 is 39.0 Å². The highest BCUT2D eigenvalue weighted by Crippen LogP contribution is 2.35. The van der Waals surface area contributed by atoms with Crippen LogP contribution in [0.2, 0.25) is 0 Å². The van der Waals surface area contributed by atoms with Gasteiger partial charge in [0.2, 0.25) is 0 Å². The number of benzene rings is 2. The molecule has 0 spiro atoms. The number of thiazole rings is 1. The van der Waals surface area contributed by atoms with E-state index in [0.29, 0.717) is 5.75 Å². The molecule has 0 aliphatic carbocycles. The van der Waals surface area contributed by atoms with E-state index in [4.69, 9.17) is 5.84 Å². The van der Waals surface area contributed by atoms with Crippen LogP contribution in [-0.4, -0.2) is 10.1 Å². The van der Waals surface area contributed by atoms with Crippen LogP contribution in [0.15, 0.2) is 47.5 Å². The van der Waals surface area contributed by atoms with E-state index in [1.54, 1.807) is 29.2 Å². The van der Waals surface area contributed by atoms with E-state index in [1.165, 1.54) is 0 Å². The van der Waals surface area contributed by atoms with Gasteiger partial charge in [-0.15, -0.1) is 23.1 Å². The van der Waals surface area contributed by atoms with Gasteiger partial charge in [-0.3, -0.25) is 5.43 Å². The Balaban J connectivity index is 1.86. The molecule has 0 aliphatic heterocycles. The van der Waals surface area contributed by atoms with Crippen LogP contribution in [0.4, 0.5) is 5.13 Å². The maximum atomic E-state index is 9.88. The second kappa shape index (κ2) is 5.70. The first-order valence-corrected chi connectivity index (χ1v) is 7.83. The van der Waals surface area contributed by atoms with Gasteiger partial charge in [-0.2, -0.15) is 0 Å². The highest BCUT2D eigenvalue weighted by Gasteiger charge is 2.07. The molecular formula is C14H13N3OS2. The molecule has 0 saturated heterocycles. The van der Waals surface area contributed by atoms with Gasteiger partial charge < -0.3 is 5.11 Å². The number of aromatic hydroxyl groups is 1. The van der Waals surface area contributed by atoms with Crippen LogP contribution < -0.4 is 11.3 Å². The van der Waals surface area contributed by atoms with E-state index < -0.39 is 0 Å². The van der Waals surface area contributed by atoms with Crippen LogP contribution >= 0.6 is 23.1 Å². The van der Waals surface area contributed by atoms with Crippen molar-refractivity contribution < 1.29 is 5.11 Å². The van der Waals surface area contributed by atoms with Gasteiger partial charge in [-0.25, -0.2) is 10.8 Å². The molecule has 102 valence electrons. The largest absolute Gasteiger partial charge is 0.507 e. The second-order valence-corrected chi connectivity index (χ2v) is 6.33. The maximum absolute atomic E-state index is 9.88. The average molecular weight is 303 g/mol. The minimum absolute atomic E-state index is 0.317. The van der Waals surface area contributed by atoms with Crippen molar-refractivity contribution in [3.8, 4) is 5.75 Å². The molecule has 4 nitrogen and oxygen atoms in total. The van der Waals surface area contributed by atoms with Crippen LogP contribution in [0.3, 0.4) is 0 Å². The molecule has 3 rings (SSSR count). The molecule has 0 radical (unpaired) electrons. The Morgan fingerprint density at radius 3 is 2.75 bits per heavy atom. The summed E-state index contributed by atoms with van der Waals surface area (Å²) in [6.07, 6.45) is 1.83. The summed E-state index contributed by atoms with van der Waals surface area (Å²) in [6, 6.07) is 11.6. The van der Waals surface area contributed by atoms with E-state index in [0.717, 1.165) is 31.4 Å². The number of nitrogen functional groups attached to an aromatic ring is 1. The number of phenols is 1. The van der Waals surface area contributed by atoms with Crippen LogP contribution in [0.1, 0.15) is 4.88 Å². The van der Waals surface area contributed by atoms with Gasteiger partial charge in [0.25, 0.3) is 0 Å². The summed E-state index contributed by atoms with van der Waals surface area (Å²) in [5.74, 6) is 6.47. The summed E-state index contributed by atoms with van der Waals surface area (Å²) in [5.41, 5.74) is 2.55. The minimum atomic E-state index is 0.317. The zero-order chi connectivity index (χ0) is 13.9. The molecule has 0 amide bonds. The third kappa shape index (κ3) is 2.58. The number of fused-ring (bicyclic) bond motifs is 1. The highest BCUT2D eigenvalue weighted by atomic mass is 32.2. The van der Waals surface area contributed by atoms with Crippen molar-refractivity contribution in [2.45, 2.75) is 10.6 Å². The Kier molecular flexibility index (Phi) is 3.77. The smallest absolute Gasteiger partial charge is 0.197 e. The van der Waals surface area contributed by atoms with Gasteiger partial charge in [0.1, 0.15) is 5.75 Å². The van der Waals surface area contributed by atoms with Crippen molar-refractivity contribution in [1.29, 1.82) is 0 Å². The lowest BCUT2D eigenvalue weighted by Crippen LogP contribution is -2.05. The lowest BCUT2D eigenvalue weighted by atomic mass is 10.1. The third-order valence-electron chi connectivity index (χ3n) is 2.91. The number of nitrogens with zero attached hydrogens (tertiary/aromatic N) is 1. The van der Waals surface area contributed by atoms with Crippen molar-refractivity contribution in [1.82, 2.24) is 4.98 Å². The Morgan fingerprint density at radius 1 is 1.20 bits per heavy atom. The van der Waals surface area contributed by atoms with Crippen LogP contribution in [0.25, 0.3) is 10.8 Å². The van der Waals surface area contributed by atoms with Gasteiger partial charge in [0.05, 0.1) is 0 Å². The molecule has 0 bridgehead atoms. The molecule has 0 unspecified atom stereocenters. The van der Waals surface area contributed by atoms with Crippen molar-refractivity contribution in [3.63, 3.8) is 0 Å². The normalized spacial score (nSPS) is 10.8. The number of hydrogen-bond donors (Lipinski definition) is 3. The Labute approximate surface area is 124 Å². The summed E-state index contributed by atoms with van der Waals surface area (Å²) in [4.78, 5) is 6.45. The number of hydrogen-bond acceptors (Lipinski definition) is 6. The van der Waals surface area contributed by atoms with Gasteiger partial charge in [-0.05, 0) is 17.5 Å². The van der Waals surface area contributed by atoms with E-state index in [9.17, 15) is 5.11 Å². The summed E-state index contributed by atoms with van der Waals surface area (Å²) in [5, 5.41) is 12.5. The summed E-state index contributed by atoms with van der Waals surface area (Å²) < 4.78 is 0. The zero-order valence-corrected chi connectivity index (χ0v) is 12.2. The number of phenolic OH excluding ortho intramolecular Hbond substituents is 1. The lowest BCUT2D eigenvalue weighted by molar-refractivity contribution is 0.481.